The standard InChI is InChI=1S/C40H51ClN2O9S/c41-33-10-9-29(53-20-4-3-17-43(23-26-12-18-50-19-13-26)39(49)38(48)37(47)36(46)34(45)24-44)21-27(33)25-51-40(14-15-40)32-22-42-16-11-30(32)31-5-1-2-6-35(31)52-28-7-8-28/h1-2,5-6,9-11,16,21-22,26,28,34,36-38,44-48H,3-4,7-8,12-15,17-20,23-25H2. The highest BCUT2D eigenvalue weighted by molar-refractivity contribution is 7.99. The summed E-state index contributed by atoms with van der Waals surface area (Å²) in [5.74, 6) is 1.13. The summed E-state index contributed by atoms with van der Waals surface area (Å²) >= 11 is 8.36. The average molecular weight is 771 g/mol. The topological polar surface area (TPSA) is 162 Å². The number of hydrogen-bond donors (Lipinski definition) is 5. The van der Waals surface area contributed by atoms with Gasteiger partial charge in [0.25, 0.3) is 5.91 Å². The highest BCUT2D eigenvalue weighted by Gasteiger charge is 2.48. The minimum Gasteiger partial charge on any atom is -0.490 e. The van der Waals surface area contributed by atoms with Crippen LogP contribution < -0.4 is 4.74 Å². The molecule has 13 heteroatoms. The molecule has 0 spiro atoms. The van der Waals surface area contributed by atoms with Gasteiger partial charge in [0.2, 0.25) is 0 Å². The summed E-state index contributed by atoms with van der Waals surface area (Å²) in [6.45, 7) is 1.47. The maximum atomic E-state index is 13.3. The van der Waals surface area contributed by atoms with E-state index in [-0.39, 0.29) is 12.0 Å². The Bertz CT molecular complexity index is 1650. The van der Waals surface area contributed by atoms with Crippen LogP contribution in [0.5, 0.6) is 5.75 Å². The van der Waals surface area contributed by atoms with Gasteiger partial charge in [-0.25, -0.2) is 0 Å². The number of rotatable bonds is 20. The zero-order valence-corrected chi connectivity index (χ0v) is 31.5. The molecule has 1 aromatic heterocycles. The quantitative estimate of drug-likeness (QED) is 0.0800. The van der Waals surface area contributed by atoms with E-state index in [4.69, 9.17) is 30.9 Å². The lowest BCUT2D eigenvalue weighted by atomic mass is 9.96. The van der Waals surface area contributed by atoms with Crippen molar-refractivity contribution in [2.24, 2.45) is 5.92 Å². The fourth-order valence-corrected chi connectivity index (χ4v) is 7.85. The van der Waals surface area contributed by atoms with Gasteiger partial charge in [0.15, 0.2) is 6.10 Å². The summed E-state index contributed by atoms with van der Waals surface area (Å²) in [6.07, 6.45) is 3.52. The Morgan fingerprint density at radius 1 is 1.00 bits per heavy atom. The predicted molar refractivity (Wildman–Crippen MR) is 202 cm³/mol. The molecule has 0 bridgehead atoms. The summed E-state index contributed by atoms with van der Waals surface area (Å²) in [4.78, 5) is 20.3. The predicted octanol–water partition coefficient (Wildman–Crippen LogP) is 4.71. The molecule has 3 aliphatic rings. The number of pyridine rings is 1. The molecular formula is C40H51ClN2O9S. The third-order valence-electron chi connectivity index (χ3n) is 10.3. The second-order valence-corrected chi connectivity index (χ2v) is 15.9. The molecule has 2 heterocycles. The molecule has 0 radical (unpaired) electrons. The van der Waals surface area contributed by atoms with Gasteiger partial charge in [0, 0.05) is 59.7 Å². The minimum atomic E-state index is -1.94. The van der Waals surface area contributed by atoms with E-state index in [0.717, 1.165) is 83.6 Å². The van der Waals surface area contributed by atoms with Crippen LogP contribution >= 0.6 is 23.4 Å². The number of aliphatic hydroxyl groups excluding tert-OH is 5. The van der Waals surface area contributed by atoms with Crippen molar-refractivity contribution in [3.05, 3.63) is 77.1 Å². The van der Waals surface area contributed by atoms with Gasteiger partial charge in [0.05, 0.1) is 24.9 Å². The Labute approximate surface area is 320 Å². The number of benzene rings is 2. The zero-order chi connectivity index (χ0) is 37.4. The summed E-state index contributed by atoms with van der Waals surface area (Å²) in [6, 6.07) is 16.2. The Morgan fingerprint density at radius 2 is 1.77 bits per heavy atom. The molecule has 2 aromatic carbocycles. The first-order chi connectivity index (χ1) is 25.7. The van der Waals surface area contributed by atoms with E-state index < -0.39 is 42.5 Å². The van der Waals surface area contributed by atoms with Crippen molar-refractivity contribution < 1.29 is 44.5 Å². The highest BCUT2D eigenvalue weighted by atomic mass is 35.5. The number of unbranched alkanes of at least 4 members (excludes halogenated alkanes) is 1. The van der Waals surface area contributed by atoms with E-state index in [0.29, 0.717) is 44.4 Å². The van der Waals surface area contributed by atoms with E-state index in [1.54, 1.807) is 11.8 Å². The van der Waals surface area contributed by atoms with E-state index in [1.165, 1.54) is 4.90 Å². The maximum Gasteiger partial charge on any atom is 0.254 e. The van der Waals surface area contributed by atoms with Crippen molar-refractivity contribution in [1.29, 1.82) is 0 Å². The van der Waals surface area contributed by atoms with Gasteiger partial charge in [-0.05, 0) is 104 Å². The first-order valence-corrected chi connectivity index (χ1v) is 20.0. The summed E-state index contributed by atoms with van der Waals surface area (Å²) in [5.41, 5.74) is 3.63. The number of ether oxygens (including phenoxy) is 3. The second kappa shape index (κ2) is 18.7. The summed E-state index contributed by atoms with van der Waals surface area (Å²) in [7, 11) is 0. The number of halogens is 1. The number of aliphatic hydroxyl groups is 5. The molecule has 2 aliphatic carbocycles. The molecule has 5 N–H and O–H groups in total. The first kappa shape index (κ1) is 39.9. The number of thioether (sulfide) groups is 1. The molecule has 53 heavy (non-hydrogen) atoms. The number of amides is 1. The number of hydrogen-bond acceptors (Lipinski definition) is 11. The Balaban J connectivity index is 1.03. The fraction of sp³-hybridized carbons (Fsp3) is 0.550. The third-order valence-corrected chi connectivity index (χ3v) is 11.7. The molecule has 288 valence electrons. The number of carbonyl (C=O) groups is 1. The van der Waals surface area contributed by atoms with Crippen molar-refractivity contribution in [2.75, 3.05) is 38.7 Å². The van der Waals surface area contributed by atoms with E-state index in [2.05, 4.69) is 17.1 Å². The molecular weight excluding hydrogens is 720 g/mol. The molecule has 4 unspecified atom stereocenters. The lowest BCUT2D eigenvalue weighted by Crippen LogP contribution is -2.53. The van der Waals surface area contributed by atoms with E-state index in [9.17, 15) is 25.2 Å². The lowest BCUT2D eigenvalue weighted by Gasteiger charge is -2.33. The first-order valence-electron chi connectivity index (χ1n) is 18.6. The minimum absolute atomic E-state index is 0.186. The molecule has 2 saturated carbocycles. The highest BCUT2D eigenvalue weighted by Crippen LogP contribution is 2.53. The van der Waals surface area contributed by atoms with Crippen LogP contribution in [-0.2, 0) is 26.5 Å². The number of aromatic nitrogens is 1. The Kier molecular flexibility index (Phi) is 14.1. The van der Waals surface area contributed by atoms with Crippen molar-refractivity contribution in [3.63, 3.8) is 0 Å². The lowest BCUT2D eigenvalue weighted by molar-refractivity contribution is -0.159. The average Bonchev–Trinajstić information content (AvgIpc) is 4.14. The molecule has 1 aliphatic heterocycles. The zero-order valence-electron chi connectivity index (χ0n) is 29.9. The van der Waals surface area contributed by atoms with Gasteiger partial charge in [-0.15, -0.1) is 11.8 Å². The second-order valence-electron chi connectivity index (χ2n) is 14.3. The van der Waals surface area contributed by atoms with Crippen LogP contribution in [0.2, 0.25) is 5.02 Å². The summed E-state index contributed by atoms with van der Waals surface area (Å²) in [5, 5.41) is 50.5. The summed E-state index contributed by atoms with van der Waals surface area (Å²) < 4.78 is 18.4. The van der Waals surface area contributed by atoms with Crippen LogP contribution in [0.3, 0.4) is 0 Å². The molecule has 3 fully saturated rings. The monoisotopic (exact) mass is 770 g/mol. The van der Waals surface area contributed by atoms with Crippen LogP contribution in [0, 0.1) is 5.92 Å². The van der Waals surface area contributed by atoms with Gasteiger partial charge >= 0.3 is 0 Å². The Hall–Kier alpha value is -2.78. The van der Waals surface area contributed by atoms with E-state index >= 15 is 0 Å². The van der Waals surface area contributed by atoms with Crippen LogP contribution in [0.25, 0.3) is 11.1 Å². The van der Waals surface area contributed by atoms with Crippen molar-refractivity contribution in [2.45, 2.75) is 99.0 Å². The van der Waals surface area contributed by atoms with Crippen LogP contribution in [0.4, 0.5) is 0 Å². The van der Waals surface area contributed by atoms with Gasteiger partial charge in [0.1, 0.15) is 24.1 Å². The normalized spacial score (nSPS) is 19.3. The van der Waals surface area contributed by atoms with Crippen molar-refractivity contribution in [1.82, 2.24) is 9.88 Å². The smallest absolute Gasteiger partial charge is 0.254 e. The largest absolute Gasteiger partial charge is 0.490 e. The molecule has 1 amide bonds. The molecule has 6 rings (SSSR count). The SMILES string of the molecule is O=C(C(O)C(O)C(O)C(O)CO)N(CCCCSc1ccc(Cl)c(COC2(c3cnccc3-c3ccccc3OC3CC3)CC2)c1)CC1CCOCC1. The van der Waals surface area contributed by atoms with Gasteiger partial charge < -0.3 is 44.6 Å². The van der Waals surface area contributed by atoms with Crippen LogP contribution in [0.1, 0.15) is 62.5 Å². The maximum absolute atomic E-state index is 13.3. The van der Waals surface area contributed by atoms with Crippen LogP contribution in [-0.4, -0.2) is 111 Å². The van der Waals surface area contributed by atoms with Crippen LogP contribution in [0.15, 0.2) is 65.8 Å². The number of nitrogens with zero attached hydrogens (tertiary/aromatic N) is 2. The Morgan fingerprint density at radius 3 is 2.51 bits per heavy atom. The number of carbonyl (C=O) groups excluding carboxylic acids is 1. The molecule has 1 saturated heterocycles. The molecule has 11 nitrogen and oxygen atoms in total. The molecule has 4 atom stereocenters. The van der Waals surface area contributed by atoms with Gasteiger partial charge in [-0.2, -0.15) is 0 Å². The van der Waals surface area contributed by atoms with Gasteiger partial charge in [-0.3, -0.25) is 9.78 Å². The molecule has 3 aromatic rings. The van der Waals surface area contributed by atoms with Gasteiger partial charge in [-0.1, -0.05) is 29.8 Å². The third kappa shape index (κ3) is 10.5. The number of para-hydroxylation sites is 1. The fourth-order valence-electron chi connectivity index (χ4n) is 6.70. The van der Waals surface area contributed by atoms with Crippen molar-refractivity contribution in [3.8, 4) is 16.9 Å². The van der Waals surface area contributed by atoms with E-state index in [1.807, 2.05) is 48.8 Å². The van der Waals surface area contributed by atoms with Crippen molar-refractivity contribution >= 4 is 29.3 Å².